The molecule has 0 unspecified atom stereocenters. The Morgan fingerprint density at radius 1 is 1.00 bits per heavy atom. The van der Waals surface area contributed by atoms with Crippen molar-refractivity contribution in [2.24, 2.45) is 0 Å². The van der Waals surface area contributed by atoms with Gasteiger partial charge >= 0.3 is 0 Å². The lowest BCUT2D eigenvalue weighted by Gasteiger charge is -2.12. The van der Waals surface area contributed by atoms with Gasteiger partial charge < -0.3 is 10.1 Å². The highest BCUT2D eigenvalue weighted by Crippen LogP contribution is 2.26. The van der Waals surface area contributed by atoms with E-state index in [1.54, 1.807) is 37.3 Å². The van der Waals surface area contributed by atoms with Crippen molar-refractivity contribution in [1.82, 2.24) is 16.2 Å². The molecule has 0 heterocycles. The average Bonchev–Trinajstić information content (AvgIpc) is 2.76. The summed E-state index contributed by atoms with van der Waals surface area (Å²) in [7, 11) is 0. The van der Waals surface area contributed by atoms with E-state index in [-0.39, 0.29) is 17.6 Å². The Morgan fingerprint density at radius 3 is 2.32 bits per heavy atom. The lowest BCUT2D eigenvalue weighted by molar-refractivity contribution is -0.121. The number of rotatable bonds is 7. The van der Waals surface area contributed by atoms with Crippen LogP contribution in [0.3, 0.4) is 0 Å². The van der Waals surface area contributed by atoms with E-state index in [9.17, 15) is 14.4 Å². The van der Waals surface area contributed by atoms with Crippen LogP contribution < -0.4 is 26.2 Å². The third-order valence-corrected chi connectivity index (χ3v) is 4.88. The molecule has 4 N–H and O–H groups in total. The fourth-order valence-electron chi connectivity index (χ4n) is 2.36. The smallest absolute Gasteiger partial charge is 0.269 e. The number of anilines is 1. The first kappa shape index (κ1) is 24.3. The molecule has 8 nitrogen and oxygen atoms in total. The van der Waals surface area contributed by atoms with E-state index in [1.807, 2.05) is 19.1 Å². The number of aryl methyl sites for hydroxylation is 1. The maximum Gasteiger partial charge on any atom is 0.269 e. The van der Waals surface area contributed by atoms with Gasteiger partial charge in [-0.25, -0.2) is 0 Å². The minimum absolute atomic E-state index is 0.0748. The summed E-state index contributed by atoms with van der Waals surface area (Å²) in [6, 6.07) is 12.0. The Bertz CT molecular complexity index is 966. The van der Waals surface area contributed by atoms with Crippen molar-refractivity contribution < 1.29 is 19.1 Å². The predicted octanol–water partition coefficient (Wildman–Crippen LogP) is 3.07. The number of amides is 3. The van der Waals surface area contributed by atoms with Crippen LogP contribution in [0.4, 0.5) is 5.69 Å². The second-order valence-corrected chi connectivity index (χ2v) is 7.61. The molecule has 0 saturated heterocycles. The molecule has 0 aliphatic heterocycles. The van der Waals surface area contributed by atoms with Crippen molar-refractivity contribution in [1.29, 1.82) is 0 Å². The van der Waals surface area contributed by atoms with Crippen LogP contribution in [0.2, 0.25) is 0 Å². The summed E-state index contributed by atoms with van der Waals surface area (Å²) >= 11 is 8.41. The highest BCUT2D eigenvalue weighted by molar-refractivity contribution is 9.10. The highest BCUT2D eigenvalue weighted by atomic mass is 79.9. The van der Waals surface area contributed by atoms with Gasteiger partial charge in [-0.3, -0.25) is 30.6 Å². The fourth-order valence-corrected chi connectivity index (χ4v) is 3.06. The van der Waals surface area contributed by atoms with E-state index in [1.165, 1.54) is 0 Å². The number of thiocarbonyl (C=S) groups is 1. The van der Waals surface area contributed by atoms with Crippen LogP contribution >= 0.6 is 28.1 Å². The number of halogens is 1. The van der Waals surface area contributed by atoms with Crippen LogP contribution in [0, 0.1) is 0 Å². The molecule has 2 aromatic rings. The standard InChI is InChI=1S/C21H23BrN4O4S/c1-3-13-5-10-17(16(22)11-13)30-12-19(28)24-21(31)26-25-20(29)14-6-8-15(9-7-14)23-18(27)4-2/h5-11H,3-4,12H2,1-2H3,(H,23,27)(H,25,29)(H2,24,26,28,31). The molecule has 164 valence electrons. The van der Waals surface area contributed by atoms with Crippen LogP contribution in [-0.4, -0.2) is 29.4 Å². The minimum atomic E-state index is -0.478. The zero-order chi connectivity index (χ0) is 22.8. The van der Waals surface area contributed by atoms with Crippen molar-refractivity contribution in [3.8, 4) is 5.75 Å². The lowest BCUT2D eigenvalue weighted by atomic mass is 10.2. The summed E-state index contributed by atoms with van der Waals surface area (Å²) in [5.41, 5.74) is 6.93. The van der Waals surface area contributed by atoms with Crippen molar-refractivity contribution >= 4 is 56.7 Å². The number of ether oxygens (including phenoxy) is 1. The summed E-state index contributed by atoms with van der Waals surface area (Å²) in [5.74, 6) is -0.511. The Balaban J connectivity index is 1.76. The maximum atomic E-state index is 12.2. The molecular weight excluding hydrogens is 484 g/mol. The summed E-state index contributed by atoms with van der Waals surface area (Å²) < 4.78 is 6.23. The summed E-state index contributed by atoms with van der Waals surface area (Å²) in [4.78, 5) is 35.5. The molecule has 0 aliphatic carbocycles. The third kappa shape index (κ3) is 7.99. The summed E-state index contributed by atoms with van der Waals surface area (Å²) in [5, 5.41) is 5.03. The van der Waals surface area contributed by atoms with Crippen LogP contribution in [0.1, 0.15) is 36.2 Å². The van der Waals surface area contributed by atoms with Gasteiger partial charge in [0.2, 0.25) is 5.91 Å². The van der Waals surface area contributed by atoms with Gasteiger partial charge in [0.15, 0.2) is 11.7 Å². The zero-order valence-corrected chi connectivity index (χ0v) is 19.5. The monoisotopic (exact) mass is 506 g/mol. The molecule has 0 spiro atoms. The number of carbonyl (C=O) groups is 3. The average molecular weight is 507 g/mol. The highest BCUT2D eigenvalue weighted by Gasteiger charge is 2.10. The van der Waals surface area contributed by atoms with Gasteiger partial charge in [0.25, 0.3) is 11.8 Å². The number of benzene rings is 2. The van der Waals surface area contributed by atoms with E-state index in [0.29, 0.717) is 23.4 Å². The molecule has 0 saturated carbocycles. The molecule has 3 amide bonds. The van der Waals surface area contributed by atoms with Gasteiger partial charge in [-0.05, 0) is 76.5 Å². The minimum Gasteiger partial charge on any atom is -0.483 e. The molecule has 0 atom stereocenters. The van der Waals surface area contributed by atoms with Gasteiger partial charge in [0.1, 0.15) is 5.75 Å². The molecule has 2 rings (SSSR count). The number of carbonyl (C=O) groups excluding carboxylic acids is 3. The molecule has 0 aliphatic rings. The van der Waals surface area contributed by atoms with Crippen molar-refractivity contribution in [3.05, 3.63) is 58.1 Å². The molecule has 31 heavy (non-hydrogen) atoms. The quantitative estimate of drug-likeness (QED) is 0.339. The first-order valence-electron chi connectivity index (χ1n) is 9.53. The Labute approximate surface area is 194 Å². The van der Waals surface area contributed by atoms with Gasteiger partial charge in [0, 0.05) is 17.7 Å². The summed E-state index contributed by atoms with van der Waals surface area (Å²) in [6.07, 6.45) is 1.26. The number of hydrogen-bond donors (Lipinski definition) is 4. The van der Waals surface area contributed by atoms with Crippen LogP contribution in [0.5, 0.6) is 5.75 Å². The van der Waals surface area contributed by atoms with Gasteiger partial charge in [-0.2, -0.15) is 0 Å². The number of nitrogens with one attached hydrogen (secondary N) is 4. The molecule has 0 radical (unpaired) electrons. The predicted molar refractivity (Wildman–Crippen MR) is 126 cm³/mol. The van der Waals surface area contributed by atoms with E-state index < -0.39 is 11.8 Å². The maximum absolute atomic E-state index is 12.2. The molecule has 0 bridgehead atoms. The van der Waals surface area contributed by atoms with Crippen molar-refractivity contribution in [3.63, 3.8) is 0 Å². The molecule has 0 aromatic heterocycles. The topological polar surface area (TPSA) is 109 Å². The Morgan fingerprint density at radius 2 is 1.71 bits per heavy atom. The number of hydrogen-bond acceptors (Lipinski definition) is 5. The lowest BCUT2D eigenvalue weighted by Crippen LogP contribution is -2.49. The largest absolute Gasteiger partial charge is 0.483 e. The van der Waals surface area contributed by atoms with E-state index in [0.717, 1.165) is 16.5 Å². The SMILES string of the molecule is CCC(=O)Nc1ccc(C(=O)NNC(=S)NC(=O)COc2ccc(CC)cc2Br)cc1. The fraction of sp³-hybridized carbons (Fsp3) is 0.238. The van der Waals surface area contributed by atoms with Crippen LogP contribution in [0.15, 0.2) is 46.9 Å². The first-order chi connectivity index (χ1) is 14.8. The second kappa shape index (κ2) is 12.0. The van der Waals surface area contributed by atoms with Crippen LogP contribution in [-0.2, 0) is 16.0 Å². The van der Waals surface area contributed by atoms with E-state index >= 15 is 0 Å². The van der Waals surface area contributed by atoms with E-state index in [4.69, 9.17) is 17.0 Å². The molecule has 0 fully saturated rings. The zero-order valence-electron chi connectivity index (χ0n) is 17.1. The molecule has 2 aromatic carbocycles. The van der Waals surface area contributed by atoms with Crippen molar-refractivity contribution in [2.45, 2.75) is 26.7 Å². The van der Waals surface area contributed by atoms with Gasteiger partial charge in [0.05, 0.1) is 4.47 Å². The second-order valence-electron chi connectivity index (χ2n) is 6.34. The third-order valence-electron chi connectivity index (χ3n) is 4.06. The molecular formula is C21H23BrN4O4S. The first-order valence-corrected chi connectivity index (χ1v) is 10.7. The molecule has 10 heteroatoms. The van der Waals surface area contributed by atoms with E-state index in [2.05, 4.69) is 37.4 Å². The van der Waals surface area contributed by atoms with Gasteiger partial charge in [-0.1, -0.05) is 19.9 Å². The van der Waals surface area contributed by atoms with Crippen LogP contribution in [0.25, 0.3) is 0 Å². The van der Waals surface area contributed by atoms with Gasteiger partial charge in [-0.15, -0.1) is 0 Å². The number of hydrazine groups is 1. The Hall–Kier alpha value is -2.98. The Kier molecular flexibility index (Phi) is 9.41. The normalized spacial score (nSPS) is 10.0. The summed E-state index contributed by atoms with van der Waals surface area (Å²) in [6.45, 7) is 3.55. The van der Waals surface area contributed by atoms with Crippen molar-refractivity contribution in [2.75, 3.05) is 11.9 Å².